The Morgan fingerprint density at radius 1 is 1.35 bits per heavy atom. The summed E-state index contributed by atoms with van der Waals surface area (Å²) in [6, 6.07) is 11.8. The Labute approximate surface area is 139 Å². The molecule has 3 aromatic rings. The van der Waals surface area contributed by atoms with Crippen LogP contribution in [0.1, 0.15) is 5.56 Å². The van der Waals surface area contributed by atoms with Crippen molar-refractivity contribution >= 4 is 39.1 Å². The molecule has 1 heterocycles. The Hall–Kier alpha value is -2.61. The zero-order valence-corrected chi connectivity index (χ0v) is 13.4. The summed E-state index contributed by atoms with van der Waals surface area (Å²) in [7, 11) is 0. The van der Waals surface area contributed by atoms with Gasteiger partial charge in [0.05, 0.1) is 11.7 Å². The van der Waals surface area contributed by atoms with E-state index >= 15 is 0 Å². The van der Waals surface area contributed by atoms with E-state index in [0.717, 1.165) is 9.99 Å². The first-order valence-electron chi connectivity index (χ1n) is 6.68. The second kappa shape index (κ2) is 6.66. The number of hydrazone groups is 1. The van der Waals surface area contributed by atoms with E-state index in [9.17, 15) is 9.18 Å². The van der Waals surface area contributed by atoms with Crippen LogP contribution in [0, 0.1) is 5.82 Å². The van der Waals surface area contributed by atoms with Gasteiger partial charge in [0, 0.05) is 10.0 Å². The van der Waals surface area contributed by atoms with Crippen LogP contribution in [0.2, 0.25) is 0 Å². The Morgan fingerprint density at radius 3 is 3.04 bits per heavy atom. The fraction of sp³-hybridized carbons (Fsp3) is 0.0667. The number of nitrogens with zero attached hydrogens (tertiary/aromatic N) is 4. The number of aromatic nitrogens is 3. The molecule has 0 unspecified atom stereocenters. The Kier molecular flexibility index (Phi) is 4.42. The number of halogens is 2. The van der Waals surface area contributed by atoms with Gasteiger partial charge in [-0.25, -0.2) is 14.5 Å². The van der Waals surface area contributed by atoms with Crippen molar-refractivity contribution in [1.82, 2.24) is 20.4 Å². The minimum Gasteiger partial charge on any atom is -0.271 e. The SMILES string of the molecule is O=C(Cn1nnc2ccccc21)NN=Cc1cc(Br)ccc1F. The van der Waals surface area contributed by atoms with Crippen LogP contribution in [0.5, 0.6) is 0 Å². The van der Waals surface area contributed by atoms with Crippen molar-refractivity contribution in [2.45, 2.75) is 6.54 Å². The molecule has 6 nitrogen and oxygen atoms in total. The number of rotatable bonds is 4. The number of amides is 1. The first-order valence-corrected chi connectivity index (χ1v) is 7.48. The van der Waals surface area contributed by atoms with Crippen molar-refractivity contribution in [3.05, 3.63) is 58.3 Å². The fourth-order valence-electron chi connectivity index (χ4n) is 1.99. The molecule has 8 heteroatoms. The lowest BCUT2D eigenvalue weighted by Gasteiger charge is -2.01. The fourth-order valence-corrected chi connectivity index (χ4v) is 2.37. The molecule has 1 N–H and O–H groups in total. The summed E-state index contributed by atoms with van der Waals surface area (Å²) < 4.78 is 15.7. The van der Waals surface area contributed by atoms with Gasteiger partial charge in [-0.1, -0.05) is 33.3 Å². The molecule has 0 spiro atoms. The maximum atomic E-state index is 13.5. The van der Waals surface area contributed by atoms with E-state index in [1.165, 1.54) is 17.0 Å². The van der Waals surface area contributed by atoms with Gasteiger partial charge in [-0.15, -0.1) is 5.10 Å². The van der Waals surface area contributed by atoms with Gasteiger partial charge < -0.3 is 0 Å². The number of carbonyl (C=O) groups excluding carboxylic acids is 1. The lowest BCUT2D eigenvalue weighted by atomic mass is 10.2. The largest absolute Gasteiger partial charge is 0.271 e. The molecule has 0 atom stereocenters. The molecular formula is C15H11BrFN5O. The smallest absolute Gasteiger partial charge is 0.261 e. The summed E-state index contributed by atoms with van der Waals surface area (Å²) in [5, 5.41) is 11.6. The van der Waals surface area contributed by atoms with E-state index in [1.54, 1.807) is 12.1 Å². The lowest BCUT2D eigenvalue weighted by molar-refractivity contribution is -0.121. The molecule has 0 aliphatic carbocycles. The van der Waals surface area contributed by atoms with Crippen molar-refractivity contribution in [2.24, 2.45) is 5.10 Å². The minimum absolute atomic E-state index is 0.0289. The molecule has 0 aliphatic heterocycles. The van der Waals surface area contributed by atoms with E-state index in [2.05, 4.69) is 36.8 Å². The molecule has 0 radical (unpaired) electrons. The predicted molar refractivity (Wildman–Crippen MR) is 87.4 cm³/mol. The zero-order valence-electron chi connectivity index (χ0n) is 11.8. The standard InChI is InChI=1S/C15H11BrFN5O/c16-11-5-6-12(17)10(7-11)8-18-20-15(23)9-22-14-4-2-1-3-13(14)19-21-22/h1-8H,9H2,(H,20,23). The van der Waals surface area contributed by atoms with E-state index in [-0.39, 0.29) is 18.0 Å². The summed E-state index contributed by atoms with van der Waals surface area (Å²) in [6.07, 6.45) is 1.25. The van der Waals surface area contributed by atoms with Crippen LogP contribution >= 0.6 is 15.9 Å². The van der Waals surface area contributed by atoms with Gasteiger partial charge in [0.15, 0.2) is 0 Å². The number of hydrogen-bond acceptors (Lipinski definition) is 4. The monoisotopic (exact) mass is 375 g/mol. The maximum Gasteiger partial charge on any atom is 0.261 e. The van der Waals surface area contributed by atoms with Crippen molar-refractivity contribution in [1.29, 1.82) is 0 Å². The highest BCUT2D eigenvalue weighted by atomic mass is 79.9. The van der Waals surface area contributed by atoms with Crippen LogP contribution in [-0.4, -0.2) is 27.1 Å². The first kappa shape index (κ1) is 15.3. The molecule has 0 aliphatic rings. The van der Waals surface area contributed by atoms with Crippen LogP contribution in [0.4, 0.5) is 4.39 Å². The topological polar surface area (TPSA) is 72.2 Å². The molecule has 0 saturated carbocycles. The Bertz CT molecular complexity index is 892. The molecule has 1 amide bonds. The zero-order chi connectivity index (χ0) is 16.2. The van der Waals surface area contributed by atoms with E-state index in [0.29, 0.717) is 5.52 Å². The summed E-state index contributed by atoms with van der Waals surface area (Å²) in [5.74, 6) is -0.805. The summed E-state index contributed by atoms with van der Waals surface area (Å²) in [5.41, 5.74) is 4.07. The van der Waals surface area contributed by atoms with Gasteiger partial charge in [0.2, 0.25) is 0 Å². The Morgan fingerprint density at radius 2 is 2.17 bits per heavy atom. The second-order valence-electron chi connectivity index (χ2n) is 4.69. The molecule has 0 saturated heterocycles. The van der Waals surface area contributed by atoms with Crippen LogP contribution < -0.4 is 5.43 Å². The van der Waals surface area contributed by atoms with Crippen LogP contribution in [0.15, 0.2) is 52.0 Å². The molecule has 0 bridgehead atoms. The quantitative estimate of drug-likeness (QED) is 0.562. The molecule has 2 aromatic carbocycles. The number of benzene rings is 2. The third-order valence-corrected chi connectivity index (χ3v) is 3.56. The summed E-state index contributed by atoms with van der Waals surface area (Å²) in [6.45, 7) is -0.0289. The lowest BCUT2D eigenvalue weighted by Crippen LogP contribution is -2.23. The maximum absolute atomic E-state index is 13.5. The van der Waals surface area contributed by atoms with Crippen LogP contribution in [-0.2, 0) is 11.3 Å². The molecule has 23 heavy (non-hydrogen) atoms. The van der Waals surface area contributed by atoms with E-state index < -0.39 is 5.82 Å². The molecule has 1 aromatic heterocycles. The van der Waals surface area contributed by atoms with Gasteiger partial charge in [0.1, 0.15) is 17.9 Å². The normalized spacial score (nSPS) is 11.2. The van der Waals surface area contributed by atoms with Gasteiger partial charge in [-0.2, -0.15) is 5.10 Å². The summed E-state index contributed by atoms with van der Waals surface area (Å²) >= 11 is 3.25. The minimum atomic E-state index is -0.423. The second-order valence-corrected chi connectivity index (χ2v) is 5.61. The molecular weight excluding hydrogens is 365 g/mol. The van der Waals surface area contributed by atoms with Gasteiger partial charge in [-0.05, 0) is 30.3 Å². The number of hydrogen-bond donors (Lipinski definition) is 1. The van der Waals surface area contributed by atoms with Crippen molar-refractivity contribution in [3.8, 4) is 0 Å². The highest BCUT2D eigenvalue weighted by Crippen LogP contribution is 2.13. The van der Waals surface area contributed by atoms with E-state index in [1.807, 2.05) is 24.3 Å². The van der Waals surface area contributed by atoms with Crippen molar-refractivity contribution in [2.75, 3.05) is 0 Å². The van der Waals surface area contributed by atoms with Gasteiger partial charge in [0.25, 0.3) is 5.91 Å². The number of fused-ring (bicyclic) bond motifs is 1. The van der Waals surface area contributed by atoms with Gasteiger partial charge >= 0.3 is 0 Å². The molecule has 0 fully saturated rings. The average molecular weight is 376 g/mol. The van der Waals surface area contributed by atoms with Crippen molar-refractivity contribution < 1.29 is 9.18 Å². The first-order chi connectivity index (χ1) is 11.1. The molecule has 3 rings (SSSR count). The number of para-hydroxylation sites is 1. The van der Waals surface area contributed by atoms with Crippen molar-refractivity contribution in [3.63, 3.8) is 0 Å². The average Bonchev–Trinajstić information content (AvgIpc) is 2.94. The van der Waals surface area contributed by atoms with Crippen LogP contribution in [0.3, 0.4) is 0 Å². The molecule has 116 valence electrons. The Balaban J connectivity index is 1.66. The third kappa shape index (κ3) is 3.59. The van der Waals surface area contributed by atoms with Gasteiger partial charge in [-0.3, -0.25) is 4.79 Å². The number of nitrogens with one attached hydrogen (secondary N) is 1. The highest BCUT2D eigenvalue weighted by molar-refractivity contribution is 9.10. The van der Waals surface area contributed by atoms with E-state index in [4.69, 9.17) is 0 Å². The predicted octanol–water partition coefficient (Wildman–Crippen LogP) is 2.48. The third-order valence-electron chi connectivity index (χ3n) is 3.06. The number of carbonyl (C=O) groups is 1. The summed E-state index contributed by atoms with van der Waals surface area (Å²) in [4.78, 5) is 11.9. The highest BCUT2D eigenvalue weighted by Gasteiger charge is 2.07. The van der Waals surface area contributed by atoms with Crippen LogP contribution in [0.25, 0.3) is 11.0 Å².